The summed E-state index contributed by atoms with van der Waals surface area (Å²) in [7, 11) is 0. The minimum atomic E-state index is -0.965. The lowest BCUT2D eigenvalue weighted by Gasteiger charge is -2.18. The molecule has 0 fully saturated rings. The maximum atomic E-state index is 11.5. The Kier molecular flexibility index (Phi) is 5.22. The van der Waals surface area contributed by atoms with Gasteiger partial charge in [-0.25, -0.2) is 9.59 Å². The molecule has 0 bridgehead atoms. The number of carboxylic acid groups (broad SMARTS) is 1. The van der Waals surface area contributed by atoms with Crippen LogP contribution < -0.4 is 10.4 Å². The van der Waals surface area contributed by atoms with Crippen LogP contribution in [0.25, 0.3) is 11.0 Å². The molecule has 0 amide bonds. The summed E-state index contributed by atoms with van der Waals surface area (Å²) in [4.78, 5) is 23.0. The Hall–Kier alpha value is -2.56. The molecule has 0 saturated heterocycles. The van der Waals surface area contributed by atoms with Gasteiger partial charge in [-0.15, -0.1) is 0 Å². The lowest BCUT2D eigenvalue weighted by molar-refractivity contribution is -0.145. The van der Waals surface area contributed by atoms with E-state index in [0.29, 0.717) is 17.8 Å². The summed E-state index contributed by atoms with van der Waals surface area (Å²) < 4.78 is 10.9. The van der Waals surface area contributed by atoms with Gasteiger partial charge in [0.1, 0.15) is 11.3 Å². The van der Waals surface area contributed by atoms with E-state index in [9.17, 15) is 14.7 Å². The van der Waals surface area contributed by atoms with Crippen molar-refractivity contribution in [1.29, 1.82) is 0 Å². The van der Waals surface area contributed by atoms with Crippen LogP contribution in [0.1, 0.15) is 44.1 Å². The number of carboxylic acids is 1. The fraction of sp³-hybridized carbons (Fsp3) is 0.400. The molecule has 1 atom stereocenters. The summed E-state index contributed by atoms with van der Waals surface area (Å²) in [5, 5.41) is 10.2. The minimum absolute atomic E-state index is 0.400. The Labute approximate surface area is 145 Å². The van der Waals surface area contributed by atoms with Gasteiger partial charge in [0.25, 0.3) is 0 Å². The summed E-state index contributed by atoms with van der Waals surface area (Å²) in [6.45, 7) is 1.81. The van der Waals surface area contributed by atoms with Gasteiger partial charge in [-0.3, -0.25) is 0 Å². The number of aliphatic carboxylic acids is 1. The molecule has 1 N–H and O–H groups in total. The topological polar surface area (TPSA) is 76.7 Å². The van der Waals surface area contributed by atoms with Crippen molar-refractivity contribution in [3.05, 3.63) is 51.9 Å². The van der Waals surface area contributed by atoms with Crippen LogP contribution in [0, 0.1) is 6.92 Å². The molecular formula is C20H22O5. The van der Waals surface area contributed by atoms with Crippen LogP contribution in [-0.2, 0) is 4.79 Å². The van der Waals surface area contributed by atoms with Gasteiger partial charge < -0.3 is 14.3 Å². The lowest BCUT2D eigenvalue weighted by Crippen LogP contribution is -2.27. The van der Waals surface area contributed by atoms with Gasteiger partial charge in [0, 0.05) is 11.5 Å². The Balaban J connectivity index is 1.75. The zero-order valence-electron chi connectivity index (χ0n) is 14.3. The van der Waals surface area contributed by atoms with E-state index in [1.807, 2.05) is 6.92 Å². The molecule has 1 aromatic carbocycles. The number of hydrogen-bond donors (Lipinski definition) is 1. The van der Waals surface area contributed by atoms with E-state index >= 15 is 0 Å². The first-order valence-electron chi connectivity index (χ1n) is 8.65. The SMILES string of the molecule is Cc1cc(=O)oc2ccc(OC(CCC3=CCCCC3)C(=O)O)cc12. The summed E-state index contributed by atoms with van der Waals surface area (Å²) in [6, 6.07) is 6.42. The van der Waals surface area contributed by atoms with Crippen LogP contribution in [0.5, 0.6) is 5.75 Å². The molecule has 0 aliphatic heterocycles. The smallest absolute Gasteiger partial charge is 0.344 e. The highest BCUT2D eigenvalue weighted by molar-refractivity contribution is 5.81. The van der Waals surface area contributed by atoms with Crippen LogP contribution in [0.4, 0.5) is 0 Å². The Morgan fingerprint density at radius 3 is 2.88 bits per heavy atom. The van der Waals surface area contributed by atoms with E-state index in [4.69, 9.17) is 9.15 Å². The first-order chi connectivity index (χ1) is 12.0. The number of rotatable bonds is 6. The second-order valence-electron chi connectivity index (χ2n) is 6.50. The zero-order valence-corrected chi connectivity index (χ0v) is 14.3. The Bertz CT molecular complexity index is 862. The van der Waals surface area contributed by atoms with Crippen LogP contribution in [-0.4, -0.2) is 17.2 Å². The third-order valence-electron chi connectivity index (χ3n) is 4.59. The lowest BCUT2D eigenvalue weighted by atomic mass is 9.95. The van der Waals surface area contributed by atoms with Crippen molar-refractivity contribution in [2.24, 2.45) is 0 Å². The third kappa shape index (κ3) is 4.29. The molecule has 2 aromatic rings. The Morgan fingerprint density at radius 1 is 1.32 bits per heavy atom. The number of carbonyl (C=O) groups is 1. The van der Waals surface area contributed by atoms with E-state index in [1.165, 1.54) is 24.5 Å². The van der Waals surface area contributed by atoms with Crippen LogP contribution in [0.3, 0.4) is 0 Å². The van der Waals surface area contributed by atoms with Crippen molar-refractivity contribution < 1.29 is 19.1 Å². The molecule has 1 unspecified atom stereocenters. The van der Waals surface area contributed by atoms with Crippen molar-refractivity contribution in [2.75, 3.05) is 0 Å². The molecule has 1 aromatic heterocycles. The maximum Gasteiger partial charge on any atom is 0.344 e. The molecule has 1 aliphatic rings. The predicted octanol–water partition coefficient (Wildman–Crippen LogP) is 4.21. The molecule has 3 rings (SSSR count). The number of ether oxygens (including phenoxy) is 1. The van der Waals surface area contributed by atoms with E-state index in [-0.39, 0.29) is 0 Å². The predicted molar refractivity (Wildman–Crippen MR) is 95.1 cm³/mol. The minimum Gasteiger partial charge on any atom is -0.479 e. The van der Waals surface area contributed by atoms with Gasteiger partial charge in [-0.05, 0) is 69.2 Å². The Morgan fingerprint density at radius 2 is 2.16 bits per heavy atom. The molecule has 5 nitrogen and oxygen atoms in total. The molecule has 1 heterocycles. The number of fused-ring (bicyclic) bond motifs is 1. The standard InChI is InChI=1S/C20H22O5/c1-13-11-19(21)25-17-10-8-15(12-16(13)17)24-18(20(22)23)9-7-14-5-3-2-4-6-14/h5,8,10-12,18H,2-4,6-7,9H2,1H3,(H,22,23). The fourth-order valence-electron chi connectivity index (χ4n) is 3.22. The quantitative estimate of drug-likeness (QED) is 0.628. The number of aryl methyl sites for hydroxylation is 1. The van der Waals surface area contributed by atoms with Crippen molar-refractivity contribution in [1.82, 2.24) is 0 Å². The van der Waals surface area contributed by atoms with Gasteiger partial charge in [0.15, 0.2) is 6.10 Å². The molecule has 0 saturated carbocycles. The number of hydrogen-bond acceptors (Lipinski definition) is 4. The van der Waals surface area contributed by atoms with E-state index in [2.05, 4.69) is 6.08 Å². The summed E-state index contributed by atoms with van der Waals surface area (Å²) in [5.74, 6) is -0.498. The average molecular weight is 342 g/mol. The zero-order chi connectivity index (χ0) is 17.8. The van der Waals surface area contributed by atoms with Crippen LogP contribution in [0.2, 0.25) is 0 Å². The molecule has 132 valence electrons. The fourth-order valence-corrected chi connectivity index (χ4v) is 3.22. The van der Waals surface area contributed by atoms with Crippen LogP contribution >= 0.6 is 0 Å². The van der Waals surface area contributed by atoms with Crippen molar-refractivity contribution >= 4 is 16.9 Å². The second kappa shape index (κ2) is 7.55. The molecule has 25 heavy (non-hydrogen) atoms. The van der Waals surface area contributed by atoms with E-state index < -0.39 is 17.7 Å². The first-order valence-corrected chi connectivity index (χ1v) is 8.65. The molecule has 5 heteroatoms. The average Bonchev–Trinajstić information content (AvgIpc) is 2.59. The normalized spacial score (nSPS) is 15.6. The highest BCUT2D eigenvalue weighted by atomic mass is 16.5. The highest BCUT2D eigenvalue weighted by Gasteiger charge is 2.20. The third-order valence-corrected chi connectivity index (χ3v) is 4.59. The summed E-state index contributed by atoms with van der Waals surface area (Å²) >= 11 is 0. The van der Waals surface area contributed by atoms with Gasteiger partial charge >= 0.3 is 11.6 Å². The van der Waals surface area contributed by atoms with Crippen molar-refractivity contribution in [3.8, 4) is 5.75 Å². The van der Waals surface area contributed by atoms with Gasteiger partial charge in [0.2, 0.25) is 0 Å². The van der Waals surface area contributed by atoms with Gasteiger partial charge in [-0.2, -0.15) is 0 Å². The summed E-state index contributed by atoms with van der Waals surface area (Å²) in [5.41, 5.74) is 2.17. The molecule has 1 aliphatic carbocycles. The van der Waals surface area contributed by atoms with Gasteiger partial charge in [-0.1, -0.05) is 11.6 Å². The number of benzene rings is 1. The molecular weight excluding hydrogens is 320 g/mol. The van der Waals surface area contributed by atoms with Crippen LogP contribution in [0.15, 0.2) is 45.1 Å². The largest absolute Gasteiger partial charge is 0.479 e. The van der Waals surface area contributed by atoms with Crippen molar-refractivity contribution in [2.45, 2.75) is 51.6 Å². The van der Waals surface area contributed by atoms with Gasteiger partial charge in [0.05, 0.1) is 0 Å². The molecule has 0 spiro atoms. The maximum absolute atomic E-state index is 11.5. The first kappa shape index (κ1) is 17.3. The van der Waals surface area contributed by atoms with Crippen molar-refractivity contribution in [3.63, 3.8) is 0 Å². The van der Waals surface area contributed by atoms with E-state index in [1.54, 1.807) is 18.2 Å². The second-order valence-corrected chi connectivity index (χ2v) is 6.50. The number of allylic oxidation sites excluding steroid dienone is 2. The molecule has 0 radical (unpaired) electrons. The summed E-state index contributed by atoms with van der Waals surface area (Å²) in [6.07, 6.45) is 7.07. The highest BCUT2D eigenvalue weighted by Crippen LogP contribution is 2.26. The monoisotopic (exact) mass is 342 g/mol. The van der Waals surface area contributed by atoms with E-state index in [0.717, 1.165) is 30.2 Å².